The molecular formula is C18H25NO2S. The number of ether oxygens (including phenoxy) is 1. The zero-order valence-electron chi connectivity index (χ0n) is 13.3. The van der Waals surface area contributed by atoms with E-state index in [1.54, 1.807) is 0 Å². The number of thioether (sulfide) groups is 1. The third-order valence-corrected chi connectivity index (χ3v) is 6.07. The van der Waals surface area contributed by atoms with Crippen LogP contribution in [-0.2, 0) is 9.53 Å². The fraction of sp³-hybridized carbons (Fsp3) is 0.611. The molecule has 0 spiro atoms. The van der Waals surface area contributed by atoms with E-state index in [2.05, 4.69) is 36.1 Å². The summed E-state index contributed by atoms with van der Waals surface area (Å²) in [6, 6.07) is 8.65. The highest BCUT2D eigenvalue weighted by Gasteiger charge is 2.28. The van der Waals surface area contributed by atoms with Gasteiger partial charge in [-0.05, 0) is 37.3 Å². The van der Waals surface area contributed by atoms with E-state index in [1.807, 2.05) is 11.8 Å². The normalized spacial score (nSPS) is 24.0. The Kier molecular flexibility index (Phi) is 5.42. The molecule has 0 radical (unpaired) electrons. The molecule has 2 saturated heterocycles. The Morgan fingerprint density at radius 1 is 1.18 bits per heavy atom. The van der Waals surface area contributed by atoms with Gasteiger partial charge in [0, 0.05) is 43.2 Å². The molecule has 0 saturated carbocycles. The summed E-state index contributed by atoms with van der Waals surface area (Å²) in [4.78, 5) is 14.8. The Morgan fingerprint density at radius 3 is 2.73 bits per heavy atom. The van der Waals surface area contributed by atoms with Gasteiger partial charge in [0.1, 0.15) is 0 Å². The summed E-state index contributed by atoms with van der Waals surface area (Å²) in [5.41, 5.74) is 2.80. The molecule has 1 atom stereocenters. The lowest BCUT2D eigenvalue weighted by atomic mass is 9.98. The Bertz CT molecular complexity index is 514. The number of carbonyl (C=O) groups excluding carboxylic acids is 1. The minimum Gasteiger partial charge on any atom is -0.381 e. The molecule has 1 amide bonds. The lowest BCUT2D eigenvalue weighted by Crippen LogP contribution is -2.39. The maximum atomic E-state index is 12.7. The molecule has 3 rings (SSSR count). The molecule has 0 aromatic heterocycles. The Morgan fingerprint density at radius 2 is 1.95 bits per heavy atom. The molecule has 0 N–H and O–H groups in total. The minimum atomic E-state index is 0.189. The van der Waals surface area contributed by atoms with Crippen LogP contribution >= 0.6 is 11.8 Å². The van der Waals surface area contributed by atoms with Gasteiger partial charge in [-0.2, -0.15) is 11.8 Å². The van der Waals surface area contributed by atoms with Gasteiger partial charge < -0.3 is 9.64 Å². The average Bonchev–Trinajstić information content (AvgIpc) is 2.81. The second kappa shape index (κ2) is 7.51. The van der Waals surface area contributed by atoms with Gasteiger partial charge in [-0.3, -0.25) is 4.79 Å². The second-order valence-corrected chi connectivity index (χ2v) is 7.53. The van der Waals surface area contributed by atoms with Gasteiger partial charge in [0.15, 0.2) is 0 Å². The summed E-state index contributed by atoms with van der Waals surface area (Å²) in [5, 5.41) is 0.522. The van der Waals surface area contributed by atoms with Crippen LogP contribution in [0.4, 0.5) is 0 Å². The summed E-state index contributed by atoms with van der Waals surface area (Å²) in [6.45, 7) is 5.45. The Balaban J connectivity index is 1.62. The highest BCUT2D eigenvalue weighted by Crippen LogP contribution is 2.36. The van der Waals surface area contributed by atoms with Gasteiger partial charge in [0.2, 0.25) is 5.91 Å². The molecule has 120 valence electrons. The van der Waals surface area contributed by atoms with Crippen LogP contribution in [-0.4, -0.2) is 42.9 Å². The molecule has 1 aromatic rings. The second-order valence-electron chi connectivity index (χ2n) is 6.22. The number of rotatable bonds is 2. The number of nitrogens with zero attached hydrogens (tertiary/aromatic N) is 1. The summed E-state index contributed by atoms with van der Waals surface area (Å²) < 4.78 is 5.38. The molecule has 2 aliphatic rings. The fourth-order valence-electron chi connectivity index (χ4n) is 3.39. The zero-order chi connectivity index (χ0) is 15.4. The van der Waals surface area contributed by atoms with Crippen molar-refractivity contribution >= 4 is 17.7 Å². The zero-order valence-corrected chi connectivity index (χ0v) is 14.1. The molecule has 3 nitrogen and oxygen atoms in total. The number of aryl methyl sites for hydroxylation is 1. The van der Waals surface area contributed by atoms with Crippen molar-refractivity contribution in [2.45, 2.75) is 31.4 Å². The number of amides is 1. The Labute approximate surface area is 137 Å². The van der Waals surface area contributed by atoms with E-state index in [1.165, 1.54) is 11.1 Å². The lowest BCUT2D eigenvalue weighted by Gasteiger charge is -2.28. The van der Waals surface area contributed by atoms with Gasteiger partial charge in [-0.15, -0.1) is 0 Å². The topological polar surface area (TPSA) is 29.5 Å². The molecule has 2 heterocycles. The number of hydrogen-bond acceptors (Lipinski definition) is 3. The van der Waals surface area contributed by atoms with Crippen LogP contribution in [0.25, 0.3) is 0 Å². The summed E-state index contributed by atoms with van der Waals surface area (Å²) >= 11 is 2.00. The van der Waals surface area contributed by atoms with E-state index in [4.69, 9.17) is 4.74 Å². The number of benzene rings is 1. The van der Waals surface area contributed by atoms with Crippen molar-refractivity contribution in [1.29, 1.82) is 0 Å². The van der Waals surface area contributed by atoms with Crippen molar-refractivity contribution in [2.75, 3.05) is 32.1 Å². The number of carbonyl (C=O) groups is 1. The highest BCUT2D eigenvalue weighted by molar-refractivity contribution is 7.99. The first-order chi connectivity index (χ1) is 10.8. The van der Waals surface area contributed by atoms with Gasteiger partial charge in [0.05, 0.1) is 0 Å². The first-order valence-corrected chi connectivity index (χ1v) is 9.34. The quantitative estimate of drug-likeness (QED) is 0.836. The van der Waals surface area contributed by atoms with Crippen LogP contribution in [0.15, 0.2) is 24.3 Å². The summed E-state index contributed by atoms with van der Waals surface area (Å²) in [6.07, 6.45) is 2.85. The average molecular weight is 319 g/mol. The molecule has 1 aromatic carbocycles. The van der Waals surface area contributed by atoms with E-state index in [0.29, 0.717) is 11.2 Å². The van der Waals surface area contributed by atoms with Crippen LogP contribution in [0.5, 0.6) is 0 Å². The van der Waals surface area contributed by atoms with Crippen molar-refractivity contribution < 1.29 is 9.53 Å². The van der Waals surface area contributed by atoms with E-state index in [9.17, 15) is 4.79 Å². The monoisotopic (exact) mass is 319 g/mol. The predicted octanol–water partition coefficient (Wildman–Crippen LogP) is 3.43. The van der Waals surface area contributed by atoms with Crippen LogP contribution in [0.1, 0.15) is 35.6 Å². The summed E-state index contributed by atoms with van der Waals surface area (Å²) in [5.74, 6) is 1.58. The van der Waals surface area contributed by atoms with E-state index in [0.717, 1.165) is 51.3 Å². The standard InChI is InChI=1S/C18H25NO2S/c1-14-4-2-3-5-16(14)17-6-9-19(10-13-22-17)18(20)15-7-11-21-12-8-15/h2-5,15,17H,6-13H2,1H3/t17-/m1/s1. The molecule has 2 fully saturated rings. The van der Waals surface area contributed by atoms with Crippen LogP contribution in [0, 0.1) is 12.8 Å². The third kappa shape index (κ3) is 3.66. The van der Waals surface area contributed by atoms with Crippen molar-refractivity contribution in [3.8, 4) is 0 Å². The first kappa shape index (κ1) is 15.9. The molecule has 0 unspecified atom stereocenters. The highest BCUT2D eigenvalue weighted by atomic mass is 32.2. The lowest BCUT2D eigenvalue weighted by molar-refractivity contribution is -0.138. The predicted molar refractivity (Wildman–Crippen MR) is 91.1 cm³/mol. The Hall–Kier alpha value is -1.000. The molecule has 4 heteroatoms. The van der Waals surface area contributed by atoms with Crippen LogP contribution < -0.4 is 0 Å². The molecule has 0 aliphatic carbocycles. The van der Waals surface area contributed by atoms with Gasteiger partial charge >= 0.3 is 0 Å². The van der Waals surface area contributed by atoms with Gasteiger partial charge in [-0.1, -0.05) is 24.3 Å². The van der Waals surface area contributed by atoms with Gasteiger partial charge in [-0.25, -0.2) is 0 Å². The van der Waals surface area contributed by atoms with Crippen molar-refractivity contribution in [2.24, 2.45) is 5.92 Å². The number of hydrogen-bond donors (Lipinski definition) is 0. The molecular weight excluding hydrogens is 294 g/mol. The first-order valence-electron chi connectivity index (χ1n) is 8.29. The third-order valence-electron chi connectivity index (χ3n) is 4.76. The van der Waals surface area contributed by atoms with Crippen LogP contribution in [0.2, 0.25) is 0 Å². The van der Waals surface area contributed by atoms with Crippen molar-refractivity contribution in [3.05, 3.63) is 35.4 Å². The molecule has 2 aliphatic heterocycles. The largest absolute Gasteiger partial charge is 0.381 e. The van der Waals surface area contributed by atoms with E-state index in [-0.39, 0.29) is 5.92 Å². The fourth-order valence-corrected chi connectivity index (χ4v) is 4.72. The van der Waals surface area contributed by atoms with Crippen molar-refractivity contribution in [3.63, 3.8) is 0 Å². The SMILES string of the molecule is Cc1ccccc1[C@H]1CCN(C(=O)C2CCOCC2)CCS1. The van der Waals surface area contributed by atoms with E-state index >= 15 is 0 Å². The molecule has 22 heavy (non-hydrogen) atoms. The summed E-state index contributed by atoms with van der Waals surface area (Å²) in [7, 11) is 0. The smallest absolute Gasteiger partial charge is 0.225 e. The van der Waals surface area contributed by atoms with E-state index < -0.39 is 0 Å². The van der Waals surface area contributed by atoms with Crippen molar-refractivity contribution in [1.82, 2.24) is 4.90 Å². The van der Waals surface area contributed by atoms with Gasteiger partial charge in [0.25, 0.3) is 0 Å². The maximum absolute atomic E-state index is 12.7. The van der Waals surface area contributed by atoms with Crippen LogP contribution in [0.3, 0.4) is 0 Å². The minimum absolute atomic E-state index is 0.189. The maximum Gasteiger partial charge on any atom is 0.225 e. The molecule has 0 bridgehead atoms.